The van der Waals surface area contributed by atoms with Gasteiger partial charge in [-0.15, -0.1) is 0 Å². The molecule has 0 aromatic rings. The average molecular weight is 224 g/mol. The summed E-state index contributed by atoms with van der Waals surface area (Å²) < 4.78 is 0. The molecule has 1 saturated carbocycles. The largest absolute Gasteiger partial charge is 0.0654 e. The molecule has 96 valence electrons. The van der Waals surface area contributed by atoms with Gasteiger partial charge in [0.25, 0.3) is 0 Å². The Bertz CT molecular complexity index is 184. The molecule has 0 amide bonds. The van der Waals surface area contributed by atoms with Gasteiger partial charge in [0.1, 0.15) is 0 Å². The number of hydrogen-bond donors (Lipinski definition) is 0. The molecule has 0 bridgehead atoms. The van der Waals surface area contributed by atoms with Crippen molar-refractivity contribution in [3.05, 3.63) is 0 Å². The van der Waals surface area contributed by atoms with Crippen LogP contribution in [0.15, 0.2) is 0 Å². The Morgan fingerprint density at radius 3 is 2.12 bits per heavy atom. The molecule has 0 aromatic carbocycles. The van der Waals surface area contributed by atoms with Gasteiger partial charge < -0.3 is 0 Å². The van der Waals surface area contributed by atoms with Gasteiger partial charge in [0, 0.05) is 0 Å². The fraction of sp³-hybridized carbons (Fsp3) is 1.00. The van der Waals surface area contributed by atoms with Crippen molar-refractivity contribution in [2.75, 3.05) is 0 Å². The molecule has 0 heterocycles. The van der Waals surface area contributed by atoms with E-state index in [1.54, 1.807) is 0 Å². The van der Waals surface area contributed by atoms with Gasteiger partial charge in [-0.25, -0.2) is 0 Å². The zero-order chi connectivity index (χ0) is 12.1. The van der Waals surface area contributed by atoms with E-state index in [0.717, 1.165) is 29.6 Å². The highest BCUT2D eigenvalue weighted by Crippen LogP contribution is 2.47. The van der Waals surface area contributed by atoms with Crippen LogP contribution in [0, 0.1) is 29.6 Å². The molecule has 1 fully saturated rings. The van der Waals surface area contributed by atoms with Crippen molar-refractivity contribution in [2.45, 2.75) is 73.1 Å². The van der Waals surface area contributed by atoms with E-state index < -0.39 is 0 Å². The minimum absolute atomic E-state index is 0.920. The molecule has 0 nitrogen and oxygen atoms in total. The summed E-state index contributed by atoms with van der Waals surface area (Å²) in [7, 11) is 0. The molecule has 0 heteroatoms. The topological polar surface area (TPSA) is 0 Å². The summed E-state index contributed by atoms with van der Waals surface area (Å²) in [6, 6.07) is 0. The van der Waals surface area contributed by atoms with Gasteiger partial charge in [-0.05, 0) is 42.4 Å². The zero-order valence-corrected chi connectivity index (χ0v) is 12.1. The maximum absolute atomic E-state index is 2.50. The second-order valence-electron chi connectivity index (χ2n) is 6.22. The third-order valence-electron chi connectivity index (χ3n) is 4.98. The molecule has 0 aliphatic heterocycles. The first-order valence-corrected chi connectivity index (χ1v) is 7.63. The van der Waals surface area contributed by atoms with Crippen LogP contribution in [0.3, 0.4) is 0 Å². The summed E-state index contributed by atoms with van der Waals surface area (Å²) in [6.45, 7) is 12.0. The lowest BCUT2D eigenvalue weighted by molar-refractivity contribution is 0.220. The Kier molecular flexibility index (Phi) is 5.86. The van der Waals surface area contributed by atoms with Crippen LogP contribution < -0.4 is 0 Å². The first-order chi connectivity index (χ1) is 7.63. The number of rotatable bonds is 8. The molecular formula is C16H32. The van der Waals surface area contributed by atoms with Gasteiger partial charge in [0.05, 0.1) is 0 Å². The standard InChI is InChI=1S/C16H32/c1-6-9-14-11-15(14)10-13(5)16(8-3)12(4)7-2/h12-16H,6-11H2,1-5H3. The molecule has 1 rings (SSSR count). The summed E-state index contributed by atoms with van der Waals surface area (Å²) in [5, 5.41) is 0. The Morgan fingerprint density at radius 1 is 0.938 bits per heavy atom. The molecule has 5 atom stereocenters. The second kappa shape index (κ2) is 6.67. The quantitative estimate of drug-likeness (QED) is 0.509. The van der Waals surface area contributed by atoms with Crippen molar-refractivity contribution >= 4 is 0 Å². The van der Waals surface area contributed by atoms with Gasteiger partial charge >= 0.3 is 0 Å². The van der Waals surface area contributed by atoms with E-state index >= 15 is 0 Å². The van der Waals surface area contributed by atoms with Crippen LogP contribution in [0.1, 0.15) is 73.1 Å². The van der Waals surface area contributed by atoms with Crippen LogP contribution in [0.4, 0.5) is 0 Å². The first kappa shape index (κ1) is 14.1. The maximum Gasteiger partial charge on any atom is -0.0365 e. The van der Waals surface area contributed by atoms with Crippen molar-refractivity contribution in [2.24, 2.45) is 29.6 Å². The third-order valence-corrected chi connectivity index (χ3v) is 4.98. The lowest BCUT2D eigenvalue weighted by atomic mass is 9.78. The Morgan fingerprint density at radius 2 is 1.62 bits per heavy atom. The van der Waals surface area contributed by atoms with Gasteiger partial charge in [0.15, 0.2) is 0 Å². The average Bonchev–Trinajstić information content (AvgIpc) is 2.97. The molecule has 0 aromatic heterocycles. The van der Waals surface area contributed by atoms with Gasteiger partial charge in [-0.2, -0.15) is 0 Å². The minimum Gasteiger partial charge on any atom is -0.0654 e. The lowest BCUT2D eigenvalue weighted by Gasteiger charge is -2.28. The fourth-order valence-corrected chi connectivity index (χ4v) is 3.64. The summed E-state index contributed by atoms with van der Waals surface area (Å²) >= 11 is 0. The predicted octanol–water partition coefficient (Wildman–Crippen LogP) is 5.52. The molecule has 0 radical (unpaired) electrons. The molecule has 5 unspecified atom stereocenters. The van der Waals surface area contributed by atoms with Crippen LogP contribution in [0.25, 0.3) is 0 Å². The van der Waals surface area contributed by atoms with Crippen LogP contribution in [0.5, 0.6) is 0 Å². The smallest absolute Gasteiger partial charge is 0.0365 e. The maximum atomic E-state index is 2.50. The SMILES string of the molecule is CCCC1CC1CC(C)C(CC)C(C)CC. The predicted molar refractivity (Wildman–Crippen MR) is 73.5 cm³/mol. The van der Waals surface area contributed by atoms with E-state index in [0.29, 0.717) is 0 Å². The van der Waals surface area contributed by atoms with Crippen LogP contribution >= 0.6 is 0 Å². The van der Waals surface area contributed by atoms with Crippen molar-refractivity contribution in [3.63, 3.8) is 0 Å². The van der Waals surface area contributed by atoms with Gasteiger partial charge in [0.2, 0.25) is 0 Å². The monoisotopic (exact) mass is 224 g/mol. The highest BCUT2D eigenvalue weighted by atomic mass is 14.4. The molecule has 16 heavy (non-hydrogen) atoms. The van der Waals surface area contributed by atoms with E-state index in [1.165, 1.54) is 38.5 Å². The fourth-order valence-electron chi connectivity index (χ4n) is 3.64. The molecular weight excluding hydrogens is 192 g/mol. The van der Waals surface area contributed by atoms with E-state index in [9.17, 15) is 0 Å². The summed E-state index contributed by atoms with van der Waals surface area (Å²) in [5.74, 6) is 5.03. The van der Waals surface area contributed by atoms with Crippen molar-refractivity contribution in [1.82, 2.24) is 0 Å². The summed E-state index contributed by atoms with van der Waals surface area (Å²) in [5.41, 5.74) is 0. The van der Waals surface area contributed by atoms with Crippen molar-refractivity contribution in [3.8, 4) is 0 Å². The van der Waals surface area contributed by atoms with Gasteiger partial charge in [-0.3, -0.25) is 0 Å². The van der Waals surface area contributed by atoms with E-state index in [-0.39, 0.29) is 0 Å². The lowest BCUT2D eigenvalue weighted by Crippen LogP contribution is -2.19. The van der Waals surface area contributed by atoms with E-state index in [1.807, 2.05) is 0 Å². The Balaban J connectivity index is 2.30. The number of hydrogen-bond acceptors (Lipinski definition) is 0. The van der Waals surface area contributed by atoms with Crippen LogP contribution in [-0.2, 0) is 0 Å². The normalized spacial score (nSPS) is 29.8. The highest BCUT2D eigenvalue weighted by Gasteiger charge is 2.38. The molecule has 0 saturated heterocycles. The Hall–Kier alpha value is 0. The van der Waals surface area contributed by atoms with Gasteiger partial charge in [-0.1, -0.05) is 60.3 Å². The second-order valence-corrected chi connectivity index (χ2v) is 6.22. The van der Waals surface area contributed by atoms with E-state index in [2.05, 4.69) is 34.6 Å². The van der Waals surface area contributed by atoms with Crippen molar-refractivity contribution in [1.29, 1.82) is 0 Å². The molecule has 1 aliphatic carbocycles. The Labute approximate surface area is 103 Å². The van der Waals surface area contributed by atoms with Crippen LogP contribution in [0.2, 0.25) is 0 Å². The molecule has 1 aliphatic rings. The summed E-state index contributed by atoms with van der Waals surface area (Å²) in [4.78, 5) is 0. The zero-order valence-electron chi connectivity index (χ0n) is 12.1. The van der Waals surface area contributed by atoms with Crippen molar-refractivity contribution < 1.29 is 0 Å². The minimum atomic E-state index is 0.920. The molecule has 0 spiro atoms. The first-order valence-electron chi connectivity index (χ1n) is 7.63. The third kappa shape index (κ3) is 3.79. The molecule has 0 N–H and O–H groups in total. The highest BCUT2D eigenvalue weighted by molar-refractivity contribution is 4.88. The van der Waals surface area contributed by atoms with Crippen LogP contribution in [-0.4, -0.2) is 0 Å². The van der Waals surface area contributed by atoms with E-state index in [4.69, 9.17) is 0 Å². The summed E-state index contributed by atoms with van der Waals surface area (Å²) in [6.07, 6.45) is 8.64.